The molecule has 0 aliphatic rings. The SMILES string of the molecule is CCCCCCCCC(CCCCCCCC)(CCCCCCCC)C(=O)OCCO. The van der Waals surface area contributed by atoms with Crippen molar-refractivity contribution in [2.75, 3.05) is 13.2 Å². The second-order valence-corrected chi connectivity index (χ2v) is 9.69. The zero-order valence-corrected chi connectivity index (χ0v) is 21.5. The maximum Gasteiger partial charge on any atom is 0.312 e. The Hall–Kier alpha value is -0.570. The van der Waals surface area contributed by atoms with Crippen molar-refractivity contribution >= 4 is 5.97 Å². The van der Waals surface area contributed by atoms with Gasteiger partial charge in [0.15, 0.2) is 0 Å². The number of carbonyl (C=O) groups excluding carboxylic acids is 1. The molecule has 0 amide bonds. The lowest BCUT2D eigenvalue weighted by atomic mass is 9.74. The van der Waals surface area contributed by atoms with E-state index in [-0.39, 0.29) is 24.6 Å². The molecule has 3 heteroatoms. The van der Waals surface area contributed by atoms with Crippen LogP contribution in [-0.2, 0) is 9.53 Å². The van der Waals surface area contributed by atoms with Gasteiger partial charge in [0.2, 0.25) is 0 Å². The first-order valence-corrected chi connectivity index (χ1v) is 13.9. The van der Waals surface area contributed by atoms with Crippen LogP contribution in [0.25, 0.3) is 0 Å². The maximum absolute atomic E-state index is 13.2. The van der Waals surface area contributed by atoms with Crippen LogP contribution in [0.5, 0.6) is 0 Å². The van der Waals surface area contributed by atoms with Gasteiger partial charge < -0.3 is 9.84 Å². The molecule has 0 unspecified atom stereocenters. The highest BCUT2D eigenvalue weighted by Crippen LogP contribution is 2.39. The number of esters is 1. The third kappa shape index (κ3) is 16.7. The number of aliphatic hydroxyl groups excluding tert-OH is 1. The Balaban J connectivity index is 4.87. The third-order valence-corrected chi connectivity index (χ3v) is 6.78. The fourth-order valence-corrected chi connectivity index (χ4v) is 4.70. The van der Waals surface area contributed by atoms with Crippen LogP contribution in [0, 0.1) is 5.41 Å². The van der Waals surface area contributed by atoms with E-state index in [1.54, 1.807) is 0 Å². The molecule has 0 saturated carbocycles. The summed E-state index contributed by atoms with van der Waals surface area (Å²) in [7, 11) is 0. The molecule has 0 aromatic carbocycles. The Bertz CT molecular complexity index is 340. The molecule has 0 bridgehead atoms. The number of rotatable bonds is 24. The lowest BCUT2D eigenvalue weighted by molar-refractivity contribution is -0.159. The quantitative estimate of drug-likeness (QED) is 0.120. The van der Waals surface area contributed by atoms with E-state index < -0.39 is 0 Å². The Morgan fingerprint density at radius 3 is 1.23 bits per heavy atom. The normalized spacial score (nSPS) is 11.7. The van der Waals surface area contributed by atoms with Crippen LogP contribution in [0.2, 0.25) is 0 Å². The topological polar surface area (TPSA) is 46.5 Å². The molecule has 1 N–H and O–H groups in total. The van der Waals surface area contributed by atoms with E-state index in [1.807, 2.05) is 0 Å². The van der Waals surface area contributed by atoms with Crippen LogP contribution in [0.1, 0.15) is 156 Å². The van der Waals surface area contributed by atoms with Gasteiger partial charge in [0.25, 0.3) is 0 Å². The largest absolute Gasteiger partial charge is 0.463 e. The molecule has 0 spiro atoms. The summed E-state index contributed by atoms with van der Waals surface area (Å²) < 4.78 is 5.55. The molecular weight excluding hydrogens is 384 g/mol. The van der Waals surface area contributed by atoms with Gasteiger partial charge in [0.1, 0.15) is 6.61 Å². The second kappa shape index (κ2) is 22.6. The van der Waals surface area contributed by atoms with Crippen LogP contribution in [0.3, 0.4) is 0 Å². The molecule has 0 atom stereocenters. The van der Waals surface area contributed by atoms with Gasteiger partial charge in [-0.25, -0.2) is 0 Å². The highest BCUT2D eigenvalue weighted by atomic mass is 16.5. The number of hydrogen-bond donors (Lipinski definition) is 1. The first-order valence-electron chi connectivity index (χ1n) is 13.9. The van der Waals surface area contributed by atoms with Gasteiger partial charge >= 0.3 is 5.97 Å². The number of carbonyl (C=O) groups is 1. The Morgan fingerprint density at radius 1 is 0.581 bits per heavy atom. The molecule has 31 heavy (non-hydrogen) atoms. The molecule has 0 aromatic heterocycles. The molecule has 0 radical (unpaired) electrons. The number of unbranched alkanes of at least 4 members (excludes halogenated alkanes) is 15. The third-order valence-electron chi connectivity index (χ3n) is 6.78. The molecule has 0 heterocycles. The van der Waals surface area contributed by atoms with Gasteiger partial charge in [0.05, 0.1) is 12.0 Å². The minimum atomic E-state index is -0.324. The first kappa shape index (κ1) is 30.4. The molecule has 0 rings (SSSR count). The average molecular weight is 441 g/mol. The van der Waals surface area contributed by atoms with Gasteiger partial charge in [-0.05, 0) is 19.3 Å². The molecule has 3 nitrogen and oxygen atoms in total. The van der Waals surface area contributed by atoms with E-state index in [4.69, 9.17) is 4.74 Å². The summed E-state index contributed by atoms with van der Waals surface area (Å²) in [6.07, 6.45) is 25.5. The van der Waals surface area contributed by atoms with Crippen LogP contribution in [-0.4, -0.2) is 24.3 Å². The average Bonchev–Trinajstić information content (AvgIpc) is 2.78. The van der Waals surface area contributed by atoms with Gasteiger partial charge in [-0.15, -0.1) is 0 Å². The van der Waals surface area contributed by atoms with Crippen molar-refractivity contribution < 1.29 is 14.6 Å². The minimum Gasteiger partial charge on any atom is -0.463 e. The number of aliphatic hydroxyl groups is 1. The van der Waals surface area contributed by atoms with E-state index in [2.05, 4.69) is 20.8 Å². The van der Waals surface area contributed by atoms with Gasteiger partial charge in [-0.3, -0.25) is 4.79 Å². The fourth-order valence-electron chi connectivity index (χ4n) is 4.70. The lowest BCUT2D eigenvalue weighted by Gasteiger charge is -2.32. The van der Waals surface area contributed by atoms with Crippen molar-refractivity contribution in [2.24, 2.45) is 5.41 Å². The van der Waals surface area contributed by atoms with Crippen LogP contribution in [0.4, 0.5) is 0 Å². The molecule has 0 aliphatic heterocycles. The zero-order valence-electron chi connectivity index (χ0n) is 21.5. The summed E-state index contributed by atoms with van der Waals surface area (Å²) in [6, 6.07) is 0. The zero-order chi connectivity index (χ0) is 23.0. The van der Waals surface area contributed by atoms with Crippen molar-refractivity contribution in [3.05, 3.63) is 0 Å². The van der Waals surface area contributed by atoms with Gasteiger partial charge in [0, 0.05) is 0 Å². The molecule has 0 saturated heterocycles. The molecule has 0 aromatic rings. The molecule has 0 fully saturated rings. The summed E-state index contributed by atoms with van der Waals surface area (Å²) in [5, 5.41) is 9.19. The molecular formula is C28H56O3. The number of ether oxygens (including phenoxy) is 1. The van der Waals surface area contributed by atoms with E-state index in [9.17, 15) is 9.90 Å². The Kier molecular flexibility index (Phi) is 22.2. The van der Waals surface area contributed by atoms with Gasteiger partial charge in [-0.1, -0.05) is 136 Å². The maximum atomic E-state index is 13.2. The summed E-state index contributed by atoms with van der Waals surface area (Å²) in [5.74, 6) is -0.0303. The summed E-state index contributed by atoms with van der Waals surface area (Å²) in [4.78, 5) is 13.2. The Morgan fingerprint density at radius 2 is 0.903 bits per heavy atom. The second-order valence-electron chi connectivity index (χ2n) is 9.69. The van der Waals surface area contributed by atoms with Crippen molar-refractivity contribution in [3.8, 4) is 0 Å². The summed E-state index contributed by atoms with van der Waals surface area (Å²) >= 11 is 0. The molecule has 0 aliphatic carbocycles. The van der Waals surface area contributed by atoms with E-state index in [1.165, 1.54) is 96.3 Å². The van der Waals surface area contributed by atoms with Crippen LogP contribution in [0.15, 0.2) is 0 Å². The van der Waals surface area contributed by atoms with Crippen LogP contribution >= 0.6 is 0 Å². The van der Waals surface area contributed by atoms with E-state index in [0.29, 0.717) is 0 Å². The smallest absolute Gasteiger partial charge is 0.312 e. The summed E-state index contributed by atoms with van der Waals surface area (Å²) in [6.45, 7) is 6.83. The number of hydrogen-bond acceptors (Lipinski definition) is 3. The predicted octanol–water partition coefficient (Wildman–Crippen LogP) is 8.76. The Labute approximate surface area is 195 Å². The highest BCUT2D eigenvalue weighted by Gasteiger charge is 2.38. The van der Waals surface area contributed by atoms with E-state index in [0.717, 1.165) is 38.5 Å². The van der Waals surface area contributed by atoms with Crippen molar-refractivity contribution in [1.82, 2.24) is 0 Å². The summed E-state index contributed by atoms with van der Waals surface area (Å²) in [5.41, 5.74) is -0.324. The molecule has 186 valence electrons. The van der Waals surface area contributed by atoms with Crippen molar-refractivity contribution in [2.45, 2.75) is 156 Å². The lowest BCUT2D eigenvalue weighted by Crippen LogP contribution is -2.34. The van der Waals surface area contributed by atoms with Crippen LogP contribution < -0.4 is 0 Å². The van der Waals surface area contributed by atoms with Crippen molar-refractivity contribution in [1.29, 1.82) is 0 Å². The first-order chi connectivity index (χ1) is 15.2. The van der Waals surface area contributed by atoms with Gasteiger partial charge in [-0.2, -0.15) is 0 Å². The predicted molar refractivity (Wildman–Crippen MR) is 134 cm³/mol. The standard InChI is InChI=1S/C28H56O3/c1-4-7-10-13-16-19-22-28(27(30)31-26-25-29,23-20-17-14-11-8-5-2)24-21-18-15-12-9-6-3/h29H,4-26H2,1-3H3. The fraction of sp³-hybridized carbons (Fsp3) is 0.964. The van der Waals surface area contributed by atoms with Crippen molar-refractivity contribution in [3.63, 3.8) is 0 Å². The minimum absolute atomic E-state index is 0.0303. The highest BCUT2D eigenvalue weighted by molar-refractivity contribution is 5.76. The monoisotopic (exact) mass is 440 g/mol. The van der Waals surface area contributed by atoms with E-state index >= 15 is 0 Å².